The third kappa shape index (κ3) is 4.62. The topological polar surface area (TPSA) is 38.3 Å². The van der Waals surface area contributed by atoms with Crippen molar-refractivity contribution in [3.8, 4) is 5.75 Å². The van der Waals surface area contributed by atoms with Crippen LogP contribution in [-0.4, -0.2) is 12.0 Å². The van der Waals surface area contributed by atoms with E-state index in [1.807, 2.05) is 39.0 Å². The molecule has 0 radical (unpaired) electrons. The summed E-state index contributed by atoms with van der Waals surface area (Å²) in [6.07, 6.45) is 1.89. The standard InChI is InChI=1S/C22H29NO2/c1-6-17-10-9-11-18(7-2)21(17)23-22(24)19(8-3)25-20-14-15(4)12-13-16(20)5/h9-14,19H,6-8H2,1-5H3,(H,23,24)/t19-/m1/s1. The summed E-state index contributed by atoms with van der Waals surface area (Å²) >= 11 is 0. The van der Waals surface area contributed by atoms with Crippen LogP contribution in [0, 0.1) is 13.8 Å². The van der Waals surface area contributed by atoms with Crippen LogP contribution in [0.2, 0.25) is 0 Å². The van der Waals surface area contributed by atoms with Gasteiger partial charge < -0.3 is 10.1 Å². The highest BCUT2D eigenvalue weighted by Gasteiger charge is 2.21. The molecule has 25 heavy (non-hydrogen) atoms. The van der Waals surface area contributed by atoms with Gasteiger partial charge in [-0.15, -0.1) is 0 Å². The first-order valence-electron chi connectivity index (χ1n) is 9.15. The van der Waals surface area contributed by atoms with Gasteiger partial charge in [0.05, 0.1) is 0 Å². The second-order valence-electron chi connectivity index (χ2n) is 6.43. The van der Waals surface area contributed by atoms with Crippen LogP contribution < -0.4 is 10.1 Å². The summed E-state index contributed by atoms with van der Waals surface area (Å²) in [6.45, 7) is 10.2. The molecular formula is C22H29NO2. The molecule has 0 unspecified atom stereocenters. The Kier molecular flexibility index (Phi) is 6.63. The predicted octanol–water partition coefficient (Wildman–Crippen LogP) is 5.22. The van der Waals surface area contributed by atoms with Crippen LogP contribution in [0.5, 0.6) is 5.75 Å². The Morgan fingerprint density at radius 3 is 2.24 bits per heavy atom. The first kappa shape index (κ1) is 19.0. The number of nitrogens with one attached hydrogen (secondary N) is 1. The number of carbonyl (C=O) groups is 1. The van der Waals surface area contributed by atoms with Crippen molar-refractivity contribution in [3.05, 3.63) is 58.7 Å². The zero-order valence-corrected chi connectivity index (χ0v) is 16.0. The molecule has 1 amide bonds. The first-order chi connectivity index (χ1) is 12.0. The Bertz CT molecular complexity index is 715. The van der Waals surface area contributed by atoms with Gasteiger partial charge in [-0.25, -0.2) is 0 Å². The van der Waals surface area contributed by atoms with Crippen LogP contribution >= 0.6 is 0 Å². The molecule has 3 heteroatoms. The molecule has 3 nitrogen and oxygen atoms in total. The maximum atomic E-state index is 12.8. The lowest BCUT2D eigenvalue weighted by atomic mass is 10.0. The number of anilines is 1. The fourth-order valence-corrected chi connectivity index (χ4v) is 2.92. The van der Waals surface area contributed by atoms with Gasteiger partial charge in [0.15, 0.2) is 6.10 Å². The van der Waals surface area contributed by atoms with E-state index < -0.39 is 6.10 Å². The van der Waals surface area contributed by atoms with Crippen molar-refractivity contribution in [1.29, 1.82) is 0 Å². The van der Waals surface area contributed by atoms with Crippen LogP contribution in [0.15, 0.2) is 36.4 Å². The Hall–Kier alpha value is -2.29. The molecule has 0 aliphatic carbocycles. The minimum absolute atomic E-state index is 0.0843. The summed E-state index contributed by atoms with van der Waals surface area (Å²) in [4.78, 5) is 12.8. The number of ether oxygens (including phenoxy) is 1. The van der Waals surface area contributed by atoms with Crippen LogP contribution in [0.3, 0.4) is 0 Å². The summed E-state index contributed by atoms with van der Waals surface area (Å²) in [6, 6.07) is 12.3. The molecule has 134 valence electrons. The molecule has 0 aliphatic heterocycles. The largest absolute Gasteiger partial charge is 0.480 e. The van der Waals surface area contributed by atoms with Gasteiger partial charge in [-0.3, -0.25) is 4.79 Å². The molecule has 2 aromatic rings. The molecule has 1 N–H and O–H groups in total. The fourth-order valence-electron chi connectivity index (χ4n) is 2.92. The molecule has 0 fully saturated rings. The monoisotopic (exact) mass is 339 g/mol. The van der Waals surface area contributed by atoms with E-state index in [1.54, 1.807) is 0 Å². The second kappa shape index (κ2) is 8.70. The van der Waals surface area contributed by atoms with Crippen molar-refractivity contribution in [2.75, 3.05) is 5.32 Å². The van der Waals surface area contributed by atoms with Crippen LogP contribution in [0.25, 0.3) is 0 Å². The van der Waals surface area contributed by atoms with Gasteiger partial charge in [-0.2, -0.15) is 0 Å². The number of benzene rings is 2. The third-order valence-electron chi connectivity index (χ3n) is 4.52. The van der Waals surface area contributed by atoms with Gasteiger partial charge >= 0.3 is 0 Å². The molecular weight excluding hydrogens is 310 g/mol. The molecule has 1 atom stereocenters. The highest BCUT2D eigenvalue weighted by atomic mass is 16.5. The highest BCUT2D eigenvalue weighted by molar-refractivity contribution is 5.95. The lowest BCUT2D eigenvalue weighted by molar-refractivity contribution is -0.122. The van der Waals surface area contributed by atoms with Crippen molar-refractivity contribution < 1.29 is 9.53 Å². The predicted molar refractivity (Wildman–Crippen MR) is 104 cm³/mol. The molecule has 0 saturated heterocycles. The van der Waals surface area contributed by atoms with Crippen LogP contribution in [0.4, 0.5) is 5.69 Å². The van der Waals surface area contributed by atoms with E-state index in [0.717, 1.165) is 46.5 Å². The molecule has 2 aromatic carbocycles. The summed E-state index contributed by atoms with van der Waals surface area (Å²) in [5, 5.41) is 3.12. The van der Waals surface area contributed by atoms with E-state index in [4.69, 9.17) is 4.74 Å². The van der Waals surface area contributed by atoms with Crippen LogP contribution in [0.1, 0.15) is 49.4 Å². The van der Waals surface area contributed by atoms with Gasteiger partial charge in [-0.1, -0.05) is 51.1 Å². The van der Waals surface area contributed by atoms with Crippen molar-refractivity contribution in [3.63, 3.8) is 0 Å². The number of carbonyl (C=O) groups excluding carboxylic acids is 1. The van der Waals surface area contributed by atoms with Gasteiger partial charge in [0.1, 0.15) is 5.75 Å². The van der Waals surface area contributed by atoms with Crippen molar-refractivity contribution in [1.82, 2.24) is 0 Å². The third-order valence-corrected chi connectivity index (χ3v) is 4.52. The van der Waals surface area contributed by atoms with Gasteiger partial charge in [0, 0.05) is 5.69 Å². The first-order valence-corrected chi connectivity index (χ1v) is 9.15. The Morgan fingerprint density at radius 2 is 1.68 bits per heavy atom. The van der Waals surface area contributed by atoms with Gasteiger partial charge in [0.2, 0.25) is 0 Å². The minimum Gasteiger partial charge on any atom is -0.480 e. The van der Waals surface area contributed by atoms with Crippen molar-refractivity contribution in [2.45, 2.75) is 60.0 Å². The Labute approximate surface area is 151 Å². The molecule has 0 saturated carbocycles. The zero-order chi connectivity index (χ0) is 18.4. The molecule has 0 heterocycles. The van der Waals surface area contributed by atoms with E-state index in [0.29, 0.717) is 6.42 Å². The zero-order valence-electron chi connectivity index (χ0n) is 16.0. The summed E-state index contributed by atoms with van der Waals surface area (Å²) in [5.74, 6) is 0.695. The maximum Gasteiger partial charge on any atom is 0.265 e. The summed E-state index contributed by atoms with van der Waals surface area (Å²) in [5.41, 5.74) is 5.43. The Morgan fingerprint density at radius 1 is 1.04 bits per heavy atom. The molecule has 0 aromatic heterocycles. The second-order valence-corrected chi connectivity index (χ2v) is 6.43. The van der Waals surface area contributed by atoms with E-state index >= 15 is 0 Å². The van der Waals surface area contributed by atoms with Gasteiger partial charge in [-0.05, 0) is 61.4 Å². The maximum absolute atomic E-state index is 12.8. The summed E-state index contributed by atoms with van der Waals surface area (Å²) in [7, 11) is 0. The quantitative estimate of drug-likeness (QED) is 0.750. The van der Waals surface area contributed by atoms with E-state index in [2.05, 4.69) is 37.4 Å². The lowest BCUT2D eigenvalue weighted by Gasteiger charge is -2.21. The number of amides is 1. The van der Waals surface area contributed by atoms with Crippen LogP contribution in [-0.2, 0) is 17.6 Å². The SMILES string of the molecule is CCc1cccc(CC)c1NC(=O)[C@@H](CC)Oc1cc(C)ccc1C. The average molecular weight is 339 g/mol. The van der Waals surface area contributed by atoms with Gasteiger partial charge in [0.25, 0.3) is 5.91 Å². The lowest BCUT2D eigenvalue weighted by Crippen LogP contribution is -2.33. The minimum atomic E-state index is -0.505. The molecule has 0 bridgehead atoms. The molecule has 2 rings (SSSR count). The number of para-hydroxylation sites is 1. The number of rotatable bonds is 7. The molecule has 0 aliphatic rings. The highest BCUT2D eigenvalue weighted by Crippen LogP contribution is 2.25. The number of hydrogen-bond acceptors (Lipinski definition) is 2. The Balaban J connectivity index is 2.22. The van der Waals surface area contributed by atoms with Crippen molar-refractivity contribution in [2.24, 2.45) is 0 Å². The normalized spacial score (nSPS) is 11.9. The van der Waals surface area contributed by atoms with E-state index in [-0.39, 0.29) is 5.91 Å². The summed E-state index contributed by atoms with van der Waals surface area (Å²) < 4.78 is 6.04. The van der Waals surface area contributed by atoms with E-state index in [9.17, 15) is 4.79 Å². The number of hydrogen-bond donors (Lipinski definition) is 1. The van der Waals surface area contributed by atoms with Crippen molar-refractivity contribution >= 4 is 11.6 Å². The fraction of sp³-hybridized carbons (Fsp3) is 0.409. The smallest absolute Gasteiger partial charge is 0.265 e. The average Bonchev–Trinajstić information content (AvgIpc) is 2.62. The van der Waals surface area contributed by atoms with E-state index in [1.165, 1.54) is 0 Å². The number of aryl methyl sites for hydroxylation is 4. The molecule has 0 spiro atoms.